The molecule has 1 amide bonds. The summed E-state index contributed by atoms with van der Waals surface area (Å²) in [6, 6.07) is 15.3. The maximum absolute atomic E-state index is 12.0. The number of carbonyl (C=O) groups is 1. The van der Waals surface area contributed by atoms with Gasteiger partial charge in [-0.1, -0.05) is 40.7 Å². The van der Waals surface area contributed by atoms with Crippen LogP contribution >= 0.6 is 15.9 Å². The molecule has 0 spiro atoms. The molecular formula is C20H15BrN4O. The fourth-order valence-corrected chi connectivity index (χ4v) is 2.88. The van der Waals surface area contributed by atoms with Crippen molar-refractivity contribution in [1.82, 2.24) is 4.98 Å². The van der Waals surface area contributed by atoms with Crippen molar-refractivity contribution in [2.24, 2.45) is 0 Å². The molecule has 0 fully saturated rings. The Labute approximate surface area is 159 Å². The summed E-state index contributed by atoms with van der Waals surface area (Å²) in [6.45, 7) is 5.29. The number of rotatable bonds is 4. The van der Waals surface area contributed by atoms with Gasteiger partial charge in [-0.2, -0.15) is 5.26 Å². The standard InChI is InChI=1S/C20H15BrN4O/c1-12(2)20(26)25-17-8-4-7-16-18(13(10-22)11-23-19(16)17)24-15-6-3-5-14(21)9-15/h3-9,11H,1H2,2H3,(H,23,24)(H,25,26). The van der Waals surface area contributed by atoms with Gasteiger partial charge in [-0.15, -0.1) is 0 Å². The number of nitrogens with zero attached hydrogens (tertiary/aromatic N) is 2. The first-order valence-corrected chi connectivity index (χ1v) is 8.60. The minimum Gasteiger partial charge on any atom is -0.354 e. The van der Waals surface area contributed by atoms with Crippen molar-refractivity contribution in [1.29, 1.82) is 5.26 Å². The predicted octanol–water partition coefficient (Wildman–Crippen LogP) is 5.13. The monoisotopic (exact) mass is 406 g/mol. The lowest BCUT2D eigenvalue weighted by Crippen LogP contribution is -2.12. The van der Waals surface area contributed by atoms with Crippen LogP contribution in [0, 0.1) is 11.3 Å². The molecule has 1 aromatic heterocycles. The Morgan fingerprint density at radius 3 is 2.73 bits per heavy atom. The zero-order chi connectivity index (χ0) is 18.7. The lowest BCUT2D eigenvalue weighted by Gasteiger charge is -2.14. The summed E-state index contributed by atoms with van der Waals surface area (Å²) in [4.78, 5) is 16.3. The minimum absolute atomic E-state index is 0.273. The molecule has 0 saturated carbocycles. The third-order valence-electron chi connectivity index (χ3n) is 3.75. The van der Waals surface area contributed by atoms with Gasteiger partial charge in [0, 0.05) is 27.3 Å². The molecule has 5 nitrogen and oxygen atoms in total. The number of nitrogens with one attached hydrogen (secondary N) is 2. The van der Waals surface area contributed by atoms with E-state index in [1.807, 2.05) is 36.4 Å². The summed E-state index contributed by atoms with van der Waals surface area (Å²) >= 11 is 3.44. The molecule has 2 N–H and O–H groups in total. The Kier molecular flexibility index (Phi) is 5.01. The van der Waals surface area contributed by atoms with Crippen LogP contribution in [0.15, 0.2) is 65.3 Å². The molecule has 0 aliphatic heterocycles. The summed E-state index contributed by atoms with van der Waals surface area (Å²) in [5.41, 5.74) is 3.46. The fourth-order valence-electron chi connectivity index (χ4n) is 2.48. The molecule has 0 aliphatic rings. The molecule has 2 aromatic carbocycles. The van der Waals surface area contributed by atoms with Crippen LogP contribution < -0.4 is 10.6 Å². The first-order valence-electron chi connectivity index (χ1n) is 7.81. The van der Waals surface area contributed by atoms with E-state index in [1.54, 1.807) is 13.0 Å². The molecule has 0 aliphatic carbocycles. The molecule has 6 heteroatoms. The van der Waals surface area contributed by atoms with Gasteiger partial charge in [0.15, 0.2) is 0 Å². The van der Waals surface area contributed by atoms with Crippen molar-refractivity contribution >= 4 is 49.8 Å². The van der Waals surface area contributed by atoms with Gasteiger partial charge in [0.05, 0.1) is 22.5 Å². The lowest BCUT2D eigenvalue weighted by atomic mass is 10.1. The molecule has 1 heterocycles. The minimum atomic E-state index is -0.273. The Morgan fingerprint density at radius 1 is 1.27 bits per heavy atom. The number of benzene rings is 2. The highest BCUT2D eigenvalue weighted by atomic mass is 79.9. The summed E-state index contributed by atoms with van der Waals surface area (Å²) in [5, 5.41) is 16.3. The van der Waals surface area contributed by atoms with Crippen molar-refractivity contribution in [2.75, 3.05) is 10.6 Å². The number of halogens is 1. The van der Waals surface area contributed by atoms with E-state index < -0.39 is 0 Å². The largest absolute Gasteiger partial charge is 0.354 e. The summed E-state index contributed by atoms with van der Waals surface area (Å²) < 4.78 is 0.925. The van der Waals surface area contributed by atoms with E-state index in [0.717, 1.165) is 15.5 Å². The van der Waals surface area contributed by atoms with Gasteiger partial charge in [-0.25, -0.2) is 0 Å². The number of fused-ring (bicyclic) bond motifs is 1. The second-order valence-electron chi connectivity index (χ2n) is 5.73. The SMILES string of the molecule is C=C(C)C(=O)Nc1cccc2c(Nc3cccc(Br)c3)c(C#N)cnc12. The molecule has 0 unspecified atom stereocenters. The number of anilines is 3. The molecule has 0 atom stereocenters. The van der Waals surface area contributed by atoms with Gasteiger partial charge in [-0.05, 0) is 31.2 Å². The summed E-state index contributed by atoms with van der Waals surface area (Å²) in [6.07, 6.45) is 1.50. The Balaban J connectivity index is 2.13. The van der Waals surface area contributed by atoms with Crippen molar-refractivity contribution < 1.29 is 4.79 Å². The van der Waals surface area contributed by atoms with Crippen LogP contribution in [0.4, 0.5) is 17.1 Å². The number of hydrogen-bond acceptors (Lipinski definition) is 4. The van der Waals surface area contributed by atoms with Crippen LogP contribution in [0.2, 0.25) is 0 Å². The molecule has 3 rings (SSSR count). The Bertz CT molecular complexity index is 1070. The zero-order valence-electron chi connectivity index (χ0n) is 14.0. The maximum atomic E-state index is 12.0. The second kappa shape index (κ2) is 7.38. The van der Waals surface area contributed by atoms with E-state index >= 15 is 0 Å². The van der Waals surface area contributed by atoms with Gasteiger partial charge >= 0.3 is 0 Å². The van der Waals surface area contributed by atoms with Crippen LogP contribution in [-0.2, 0) is 4.79 Å². The average molecular weight is 407 g/mol. The van der Waals surface area contributed by atoms with E-state index in [2.05, 4.69) is 44.2 Å². The van der Waals surface area contributed by atoms with Crippen molar-refractivity contribution in [3.05, 3.63) is 70.8 Å². The van der Waals surface area contributed by atoms with Crippen molar-refractivity contribution in [3.63, 3.8) is 0 Å². The molecular weight excluding hydrogens is 392 g/mol. The van der Waals surface area contributed by atoms with E-state index in [0.29, 0.717) is 28.0 Å². The van der Waals surface area contributed by atoms with Gasteiger partial charge < -0.3 is 10.6 Å². The van der Waals surface area contributed by atoms with Gasteiger partial charge in [0.2, 0.25) is 0 Å². The zero-order valence-corrected chi connectivity index (χ0v) is 15.6. The van der Waals surface area contributed by atoms with E-state index in [-0.39, 0.29) is 5.91 Å². The van der Waals surface area contributed by atoms with Crippen molar-refractivity contribution in [2.45, 2.75) is 6.92 Å². The molecule has 0 saturated heterocycles. The van der Waals surface area contributed by atoms with Crippen LogP contribution in [0.5, 0.6) is 0 Å². The van der Waals surface area contributed by atoms with Crippen LogP contribution in [0.25, 0.3) is 10.9 Å². The quantitative estimate of drug-likeness (QED) is 0.588. The highest BCUT2D eigenvalue weighted by Crippen LogP contribution is 2.33. The normalized spacial score (nSPS) is 10.2. The molecule has 128 valence electrons. The van der Waals surface area contributed by atoms with Gasteiger partial charge in [0.1, 0.15) is 6.07 Å². The smallest absolute Gasteiger partial charge is 0.250 e. The highest BCUT2D eigenvalue weighted by Gasteiger charge is 2.13. The summed E-state index contributed by atoms with van der Waals surface area (Å²) in [5.74, 6) is -0.273. The topological polar surface area (TPSA) is 77.8 Å². The predicted molar refractivity (Wildman–Crippen MR) is 107 cm³/mol. The number of pyridine rings is 1. The van der Waals surface area contributed by atoms with Crippen molar-refractivity contribution in [3.8, 4) is 6.07 Å². The van der Waals surface area contributed by atoms with Crippen LogP contribution in [0.1, 0.15) is 12.5 Å². The number of para-hydroxylation sites is 1. The average Bonchev–Trinajstić information content (AvgIpc) is 2.62. The van der Waals surface area contributed by atoms with Gasteiger partial charge in [0.25, 0.3) is 5.91 Å². The molecule has 0 radical (unpaired) electrons. The first kappa shape index (κ1) is 17.6. The van der Waals surface area contributed by atoms with E-state index in [4.69, 9.17) is 0 Å². The fraction of sp³-hybridized carbons (Fsp3) is 0.0500. The first-order chi connectivity index (χ1) is 12.5. The maximum Gasteiger partial charge on any atom is 0.250 e. The number of carbonyl (C=O) groups excluding carboxylic acids is 1. The Hall–Kier alpha value is -3.17. The molecule has 26 heavy (non-hydrogen) atoms. The van der Waals surface area contributed by atoms with Crippen LogP contribution in [0.3, 0.4) is 0 Å². The number of aromatic nitrogens is 1. The molecule has 3 aromatic rings. The number of amides is 1. The van der Waals surface area contributed by atoms with E-state index in [9.17, 15) is 10.1 Å². The Morgan fingerprint density at radius 2 is 2.04 bits per heavy atom. The third kappa shape index (κ3) is 3.58. The van der Waals surface area contributed by atoms with Crippen LogP contribution in [-0.4, -0.2) is 10.9 Å². The lowest BCUT2D eigenvalue weighted by molar-refractivity contribution is -0.112. The number of hydrogen-bond donors (Lipinski definition) is 2. The third-order valence-corrected chi connectivity index (χ3v) is 4.24. The summed E-state index contributed by atoms with van der Waals surface area (Å²) in [7, 11) is 0. The molecule has 0 bridgehead atoms. The second-order valence-corrected chi connectivity index (χ2v) is 6.65. The number of nitriles is 1. The van der Waals surface area contributed by atoms with Gasteiger partial charge in [-0.3, -0.25) is 9.78 Å². The van der Waals surface area contributed by atoms with E-state index in [1.165, 1.54) is 6.20 Å². The highest BCUT2D eigenvalue weighted by molar-refractivity contribution is 9.10.